The lowest BCUT2D eigenvalue weighted by Crippen LogP contribution is -2.24. The van der Waals surface area contributed by atoms with Crippen LogP contribution in [0.4, 0.5) is 0 Å². The molecular formula is C17H26N2O. The maximum atomic E-state index is 5.81. The molecule has 110 valence electrons. The van der Waals surface area contributed by atoms with Crippen LogP contribution in [-0.2, 0) is 6.54 Å². The molecule has 0 aliphatic rings. The van der Waals surface area contributed by atoms with E-state index in [9.17, 15) is 0 Å². The van der Waals surface area contributed by atoms with Crippen molar-refractivity contribution < 1.29 is 4.74 Å². The molecule has 1 heterocycles. The molecule has 1 aromatic carbocycles. The van der Waals surface area contributed by atoms with Gasteiger partial charge in [-0.3, -0.25) is 0 Å². The number of ether oxygens (including phenoxy) is 1. The number of fused-ring (bicyclic) bond motifs is 1. The van der Waals surface area contributed by atoms with Crippen LogP contribution >= 0.6 is 0 Å². The molecule has 20 heavy (non-hydrogen) atoms. The maximum absolute atomic E-state index is 5.81. The fourth-order valence-electron chi connectivity index (χ4n) is 2.37. The monoisotopic (exact) mass is 274 g/mol. The van der Waals surface area contributed by atoms with Gasteiger partial charge in [0.1, 0.15) is 5.75 Å². The molecule has 0 saturated carbocycles. The second-order valence-electron chi connectivity index (χ2n) is 5.51. The van der Waals surface area contributed by atoms with Crippen LogP contribution in [0.15, 0.2) is 30.5 Å². The zero-order chi connectivity index (χ0) is 14.4. The summed E-state index contributed by atoms with van der Waals surface area (Å²) in [5, 5.41) is 4.68. The number of hydrogen-bond acceptors (Lipinski definition) is 2. The van der Waals surface area contributed by atoms with Gasteiger partial charge in [0.15, 0.2) is 0 Å². The summed E-state index contributed by atoms with van der Waals surface area (Å²) in [6, 6.07) is 9.03. The van der Waals surface area contributed by atoms with Crippen LogP contribution in [0.25, 0.3) is 10.9 Å². The normalized spacial score (nSPS) is 11.4. The van der Waals surface area contributed by atoms with E-state index in [1.165, 1.54) is 10.9 Å². The predicted molar refractivity (Wildman–Crippen MR) is 85.5 cm³/mol. The van der Waals surface area contributed by atoms with E-state index in [0.717, 1.165) is 38.3 Å². The van der Waals surface area contributed by atoms with Crippen molar-refractivity contribution in [2.24, 2.45) is 0 Å². The smallest absolute Gasteiger partial charge is 0.128 e. The van der Waals surface area contributed by atoms with E-state index < -0.39 is 0 Å². The summed E-state index contributed by atoms with van der Waals surface area (Å²) in [6.07, 6.45) is 4.35. The minimum Gasteiger partial charge on any atom is -0.493 e. The van der Waals surface area contributed by atoms with E-state index in [-0.39, 0.29) is 0 Å². The van der Waals surface area contributed by atoms with Crippen molar-refractivity contribution in [1.29, 1.82) is 0 Å². The van der Waals surface area contributed by atoms with Crippen LogP contribution in [0, 0.1) is 0 Å². The first kappa shape index (κ1) is 14.9. The molecule has 0 aliphatic carbocycles. The molecule has 0 atom stereocenters. The summed E-state index contributed by atoms with van der Waals surface area (Å²) in [5.41, 5.74) is 1.27. The summed E-state index contributed by atoms with van der Waals surface area (Å²) in [6.45, 7) is 9.38. The Kier molecular flexibility index (Phi) is 5.48. The van der Waals surface area contributed by atoms with Crippen LogP contribution in [0.1, 0.15) is 33.6 Å². The quantitative estimate of drug-likeness (QED) is 0.741. The van der Waals surface area contributed by atoms with Crippen molar-refractivity contribution in [2.75, 3.05) is 13.2 Å². The number of nitrogens with one attached hydrogen (secondary N) is 1. The zero-order valence-electron chi connectivity index (χ0n) is 12.9. The van der Waals surface area contributed by atoms with E-state index in [1.54, 1.807) is 0 Å². The van der Waals surface area contributed by atoms with Crippen LogP contribution in [0.3, 0.4) is 0 Å². The lowest BCUT2D eigenvalue weighted by atomic mass is 10.2. The molecule has 3 heteroatoms. The first-order chi connectivity index (χ1) is 9.72. The molecular weight excluding hydrogens is 248 g/mol. The highest BCUT2D eigenvalue weighted by molar-refractivity contribution is 5.86. The Morgan fingerprint density at radius 2 is 2.10 bits per heavy atom. The summed E-state index contributed by atoms with van der Waals surface area (Å²) in [7, 11) is 0. The number of hydrogen-bond donors (Lipinski definition) is 1. The first-order valence-electron chi connectivity index (χ1n) is 7.66. The average molecular weight is 274 g/mol. The zero-order valence-corrected chi connectivity index (χ0v) is 12.9. The second kappa shape index (κ2) is 7.34. The summed E-state index contributed by atoms with van der Waals surface area (Å²) >= 11 is 0. The fourth-order valence-corrected chi connectivity index (χ4v) is 2.37. The van der Waals surface area contributed by atoms with Crippen molar-refractivity contribution in [1.82, 2.24) is 9.88 Å². The average Bonchev–Trinajstić information content (AvgIpc) is 2.85. The van der Waals surface area contributed by atoms with E-state index in [1.807, 2.05) is 0 Å². The lowest BCUT2D eigenvalue weighted by molar-refractivity contribution is 0.321. The van der Waals surface area contributed by atoms with Crippen LogP contribution in [-0.4, -0.2) is 23.8 Å². The molecule has 2 rings (SSSR count). The van der Waals surface area contributed by atoms with Crippen LogP contribution < -0.4 is 10.1 Å². The Hall–Kier alpha value is -1.48. The van der Waals surface area contributed by atoms with E-state index in [2.05, 4.69) is 61.1 Å². The van der Waals surface area contributed by atoms with Crippen molar-refractivity contribution in [3.05, 3.63) is 30.5 Å². The largest absolute Gasteiger partial charge is 0.493 e. The Morgan fingerprint density at radius 3 is 2.85 bits per heavy atom. The van der Waals surface area contributed by atoms with Gasteiger partial charge in [0, 0.05) is 24.2 Å². The Morgan fingerprint density at radius 1 is 1.25 bits per heavy atom. The predicted octanol–water partition coefficient (Wildman–Crippen LogP) is 3.82. The molecule has 0 amide bonds. The maximum Gasteiger partial charge on any atom is 0.128 e. The minimum atomic E-state index is 0.561. The summed E-state index contributed by atoms with van der Waals surface area (Å²) in [5.74, 6) is 1.00. The van der Waals surface area contributed by atoms with Gasteiger partial charge in [0.2, 0.25) is 0 Å². The number of aromatic nitrogens is 1. The van der Waals surface area contributed by atoms with E-state index in [4.69, 9.17) is 4.74 Å². The van der Waals surface area contributed by atoms with Gasteiger partial charge in [-0.25, -0.2) is 0 Å². The third kappa shape index (κ3) is 3.76. The van der Waals surface area contributed by atoms with Gasteiger partial charge < -0.3 is 14.6 Å². The highest BCUT2D eigenvalue weighted by atomic mass is 16.5. The Balaban J connectivity index is 2.04. The van der Waals surface area contributed by atoms with Crippen molar-refractivity contribution in [3.8, 4) is 5.75 Å². The highest BCUT2D eigenvalue weighted by Crippen LogP contribution is 2.26. The highest BCUT2D eigenvalue weighted by Gasteiger charge is 2.06. The van der Waals surface area contributed by atoms with Crippen molar-refractivity contribution in [3.63, 3.8) is 0 Å². The van der Waals surface area contributed by atoms with Crippen molar-refractivity contribution >= 4 is 10.9 Å². The number of rotatable bonds is 8. The molecule has 0 saturated heterocycles. The molecule has 0 bridgehead atoms. The van der Waals surface area contributed by atoms with E-state index >= 15 is 0 Å². The number of nitrogens with zero attached hydrogens (tertiary/aromatic N) is 1. The molecule has 1 aromatic heterocycles. The SMILES string of the molecule is CCCOc1cccc2c1ccn2CCCNC(C)C. The number of benzene rings is 1. The lowest BCUT2D eigenvalue weighted by Gasteiger charge is -2.10. The molecule has 0 unspecified atom stereocenters. The van der Waals surface area contributed by atoms with Gasteiger partial charge in [-0.05, 0) is 37.6 Å². The van der Waals surface area contributed by atoms with Crippen LogP contribution in [0.2, 0.25) is 0 Å². The van der Waals surface area contributed by atoms with Gasteiger partial charge in [0.05, 0.1) is 12.1 Å². The van der Waals surface area contributed by atoms with Gasteiger partial charge >= 0.3 is 0 Å². The molecule has 1 N–H and O–H groups in total. The van der Waals surface area contributed by atoms with Gasteiger partial charge in [0.25, 0.3) is 0 Å². The van der Waals surface area contributed by atoms with Gasteiger partial charge in [-0.2, -0.15) is 0 Å². The standard InChI is InChI=1S/C17H26N2O/c1-4-13-20-17-8-5-7-16-15(17)9-12-19(16)11-6-10-18-14(2)3/h5,7-9,12,14,18H,4,6,10-11,13H2,1-3H3. The first-order valence-corrected chi connectivity index (χ1v) is 7.66. The Bertz CT molecular complexity index is 531. The Labute approximate surface area is 121 Å². The minimum absolute atomic E-state index is 0.561. The van der Waals surface area contributed by atoms with Gasteiger partial charge in [-0.1, -0.05) is 26.8 Å². The summed E-state index contributed by atoms with van der Waals surface area (Å²) in [4.78, 5) is 0. The second-order valence-corrected chi connectivity index (χ2v) is 5.51. The van der Waals surface area contributed by atoms with Gasteiger partial charge in [-0.15, -0.1) is 0 Å². The summed E-state index contributed by atoms with van der Waals surface area (Å²) < 4.78 is 8.13. The third-order valence-corrected chi connectivity index (χ3v) is 3.36. The fraction of sp³-hybridized carbons (Fsp3) is 0.529. The molecule has 0 radical (unpaired) electrons. The molecule has 0 spiro atoms. The van der Waals surface area contributed by atoms with E-state index in [0.29, 0.717) is 6.04 Å². The molecule has 2 aromatic rings. The van der Waals surface area contributed by atoms with Crippen LogP contribution in [0.5, 0.6) is 5.75 Å². The molecule has 0 aliphatic heterocycles. The third-order valence-electron chi connectivity index (χ3n) is 3.36. The topological polar surface area (TPSA) is 26.2 Å². The van der Waals surface area contributed by atoms with Crippen molar-refractivity contribution in [2.45, 2.75) is 46.2 Å². The number of aryl methyl sites for hydroxylation is 1. The molecule has 3 nitrogen and oxygen atoms in total. The molecule has 0 fully saturated rings.